The number of aliphatic carboxylic acids is 1. The number of benzene rings is 1. The molecule has 0 aliphatic carbocycles. The number of carboxylic acids is 1. The molecule has 1 aromatic heterocycles. The van der Waals surface area contributed by atoms with Crippen molar-refractivity contribution in [2.75, 3.05) is 6.54 Å². The number of thiophene rings is 1. The van der Waals surface area contributed by atoms with E-state index in [1.165, 1.54) is 6.07 Å². The summed E-state index contributed by atoms with van der Waals surface area (Å²) < 4.78 is 14.3. The second-order valence-electron chi connectivity index (χ2n) is 4.23. The molecule has 1 atom stereocenters. The van der Waals surface area contributed by atoms with Crippen molar-refractivity contribution in [3.63, 3.8) is 0 Å². The van der Waals surface area contributed by atoms with Crippen molar-refractivity contribution >= 4 is 33.3 Å². The Morgan fingerprint density at radius 1 is 1.45 bits per heavy atom. The molecule has 106 valence electrons. The number of carbonyl (C=O) groups is 2. The van der Waals surface area contributed by atoms with E-state index < -0.39 is 30.3 Å². The lowest BCUT2D eigenvalue weighted by Crippen LogP contribution is -2.36. The lowest BCUT2D eigenvalue weighted by Gasteiger charge is -2.07. The minimum atomic E-state index is -1.66. The van der Waals surface area contributed by atoms with Crippen LogP contribution in [-0.2, 0) is 4.79 Å². The Bertz CT molecular complexity index is 682. The van der Waals surface area contributed by atoms with Crippen molar-refractivity contribution in [3.05, 3.63) is 34.5 Å². The molecule has 0 bridgehead atoms. The van der Waals surface area contributed by atoms with Gasteiger partial charge in [-0.05, 0) is 24.6 Å². The van der Waals surface area contributed by atoms with Gasteiger partial charge in [-0.1, -0.05) is 6.07 Å². The molecule has 0 aliphatic rings. The summed E-state index contributed by atoms with van der Waals surface area (Å²) in [5, 5.41) is 20.3. The first-order chi connectivity index (χ1) is 9.41. The van der Waals surface area contributed by atoms with Crippen LogP contribution < -0.4 is 5.32 Å². The minimum Gasteiger partial charge on any atom is -0.479 e. The third-order valence-corrected chi connectivity index (χ3v) is 4.11. The maximum Gasteiger partial charge on any atom is 0.334 e. The van der Waals surface area contributed by atoms with E-state index >= 15 is 0 Å². The fourth-order valence-electron chi connectivity index (χ4n) is 1.83. The van der Waals surface area contributed by atoms with E-state index in [1.54, 1.807) is 19.1 Å². The van der Waals surface area contributed by atoms with E-state index in [9.17, 15) is 14.0 Å². The predicted octanol–water partition coefficient (Wildman–Crippen LogP) is 1.52. The van der Waals surface area contributed by atoms with E-state index in [0.29, 0.717) is 20.5 Å². The van der Waals surface area contributed by atoms with Crippen LogP contribution in [0.4, 0.5) is 4.39 Å². The molecule has 7 heteroatoms. The Labute approximate surface area is 117 Å². The SMILES string of the molecule is Cc1c(C(=O)NC[C@H](O)C(=O)O)sc2cccc(F)c12. The first-order valence-electron chi connectivity index (χ1n) is 5.78. The van der Waals surface area contributed by atoms with Gasteiger partial charge in [0.2, 0.25) is 0 Å². The van der Waals surface area contributed by atoms with Gasteiger partial charge in [0.1, 0.15) is 5.82 Å². The van der Waals surface area contributed by atoms with Gasteiger partial charge in [-0.3, -0.25) is 4.79 Å². The number of aliphatic hydroxyl groups is 1. The van der Waals surface area contributed by atoms with Gasteiger partial charge in [-0.15, -0.1) is 11.3 Å². The molecular weight excluding hydrogens is 285 g/mol. The second kappa shape index (κ2) is 5.56. The number of aliphatic hydroxyl groups excluding tert-OH is 1. The van der Waals surface area contributed by atoms with E-state index in [0.717, 1.165) is 11.3 Å². The first-order valence-corrected chi connectivity index (χ1v) is 6.60. The molecule has 0 spiro atoms. The number of fused-ring (bicyclic) bond motifs is 1. The molecule has 0 fully saturated rings. The number of carboxylic acid groups (broad SMARTS) is 1. The Morgan fingerprint density at radius 2 is 2.15 bits per heavy atom. The molecule has 0 radical (unpaired) electrons. The summed E-state index contributed by atoms with van der Waals surface area (Å²) in [6.07, 6.45) is -1.66. The van der Waals surface area contributed by atoms with E-state index in [2.05, 4.69) is 5.32 Å². The van der Waals surface area contributed by atoms with Crippen molar-refractivity contribution in [2.24, 2.45) is 0 Å². The highest BCUT2D eigenvalue weighted by Crippen LogP contribution is 2.32. The highest BCUT2D eigenvalue weighted by Gasteiger charge is 2.20. The van der Waals surface area contributed by atoms with Crippen LogP contribution >= 0.6 is 11.3 Å². The van der Waals surface area contributed by atoms with Gasteiger partial charge in [0.05, 0.1) is 11.4 Å². The van der Waals surface area contributed by atoms with Crippen LogP contribution in [0.2, 0.25) is 0 Å². The molecule has 2 aromatic rings. The third kappa shape index (κ3) is 2.63. The number of hydrogen-bond acceptors (Lipinski definition) is 4. The van der Waals surface area contributed by atoms with Gasteiger partial charge in [-0.25, -0.2) is 9.18 Å². The lowest BCUT2D eigenvalue weighted by molar-refractivity contribution is -0.146. The molecular formula is C13H12FNO4S. The average molecular weight is 297 g/mol. The monoisotopic (exact) mass is 297 g/mol. The van der Waals surface area contributed by atoms with Crippen molar-refractivity contribution in [3.8, 4) is 0 Å². The fraction of sp³-hybridized carbons (Fsp3) is 0.231. The highest BCUT2D eigenvalue weighted by molar-refractivity contribution is 7.21. The predicted molar refractivity (Wildman–Crippen MR) is 72.5 cm³/mol. The summed E-state index contributed by atoms with van der Waals surface area (Å²) in [5.41, 5.74) is 0.505. The molecule has 0 saturated carbocycles. The summed E-state index contributed by atoms with van der Waals surface area (Å²) >= 11 is 1.13. The van der Waals surface area contributed by atoms with Crippen LogP contribution in [0.25, 0.3) is 10.1 Å². The van der Waals surface area contributed by atoms with Crippen LogP contribution in [0.15, 0.2) is 18.2 Å². The molecule has 5 nitrogen and oxygen atoms in total. The molecule has 20 heavy (non-hydrogen) atoms. The zero-order valence-corrected chi connectivity index (χ0v) is 11.3. The van der Waals surface area contributed by atoms with E-state index in [-0.39, 0.29) is 0 Å². The zero-order chi connectivity index (χ0) is 14.9. The Morgan fingerprint density at radius 3 is 2.75 bits per heavy atom. The van der Waals surface area contributed by atoms with Crippen LogP contribution in [0, 0.1) is 12.7 Å². The van der Waals surface area contributed by atoms with Gasteiger partial charge >= 0.3 is 5.97 Å². The molecule has 1 heterocycles. The van der Waals surface area contributed by atoms with Crippen LogP contribution in [0.5, 0.6) is 0 Å². The number of halogens is 1. The van der Waals surface area contributed by atoms with Gasteiger partial charge in [0, 0.05) is 10.1 Å². The summed E-state index contributed by atoms with van der Waals surface area (Å²) in [7, 11) is 0. The van der Waals surface area contributed by atoms with Crippen LogP contribution in [-0.4, -0.2) is 34.7 Å². The molecule has 0 unspecified atom stereocenters. The number of nitrogens with one attached hydrogen (secondary N) is 1. The molecule has 0 aliphatic heterocycles. The topological polar surface area (TPSA) is 86.6 Å². The normalized spacial score (nSPS) is 12.3. The highest BCUT2D eigenvalue weighted by atomic mass is 32.1. The second-order valence-corrected chi connectivity index (χ2v) is 5.29. The summed E-state index contributed by atoms with van der Waals surface area (Å²) in [4.78, 5) is 22.7. The smallest absolute Gasteiger partial charge is 0.334 e. The first kappa shape index (κ1) is 14.4. The quantitative estimate of drug-likeness (QED) is 0.798. The van der Waals surface area contributed by atoms with Crippen molar-refractivity contribution in [2.45, 2.75) is 13.0 Å². The average Bonchev–Trinajstić information content (AvgIpc) is 2.74. The van der Waals surface area contributed by atoms with Gasteiger partial charge in [-0.2, -0.15) is 0 Å². The van der Waals surface area contributed by atoms with Gasteiger partial charge in [0.25, 0.3) is 5.91 Å². The summed E-state index contributed by atoms with van der Waals surface area (Å²) in [5.74, 6) is -2.34. The Balaban J connectivity index is 2.25. The minimum absolute atomic E-state index is 0.308. The molecule has 1 amide bonds. The fourth-order valence-corrected chi connectivity index (χ4v) is 2.97. The summed E-state index contributed by atoms with van der Waals surface area (Å²) in [6.45, 7) is 1.23. The zero-order valence-electron chi connectivity index (χ0n) is 10.5. The number of carbonyl (C=O) groups excluding carboxylic acids is 1. The molecule has 0 saturated heterocycles. The van der Waals surface area contributed by atoms with Crippen LogP contribution in [0.3, 0.4) is 0 Å². The van der Waals surface area contributed by atoms with Gasteiger partial charge in [0.15, 0.2) is 6.10 Å². The largest absolute Gasteiger partial charge is 0.479 e. The van der Waals surface area contributed by atoms with Gasteiger partial charge < -0.3 is 15.5 Å². The van der Waals surface area contributed by atoms with E-state index in [4.69, 9.17) is 10.2 Å². The van der Waals surface area contributed by atoms with Crippen molar-refractivity contribution in [1.29, 1.82) is 0 Å². The Hall–Kier alpha value is -1.99. The molecule has 2 rings (SSSR count). The summed E-state index contributed by atoms with van der Waals surface area (Å²) in [6, 6.07) is 4.58. The third-order valence-electron chi connectivity index (χ3n) is 2.85. The number of aryl methyl sites for hydroxylation is 1. The number of rotatable bonds is 4. The number of amides is 1. The molecule has 3 N–H and O–H groups in total. The number of hydrogen-bond donors (Lipinski definition) is 3. The standard InChI is InChI=1S/C13H12FNO4S/c1-6-10-7(14)3-2-4-9(10)20-11(6)12(17)15-5-8(16)13(18)19/h2-4,8,16H,5H2,1H3,(H,15,17)(H,18,19)/t8-/m0/s1. The van der Waals surface area contributed by atoms with Crippen molar-refractivity contribution in [1.82, 2.24) is 5.32 Å². The molecule has 1 aromatic carbocycles. The van der Waals surface area contributed by atoms with Crippen LogP contribution in [0.1, 0.15) is 15.2 Å². The van der Waals surface area contributed by atoms with Crippen molar-refractivity contribution < 1.29 is 24.2 Å². The maximum atomic E-state index is 13.7. The Kier molecular flexibility index (Phi) is 4.01. The van der Waals surface area contributed by atoms with E-state index in [1.807, 2.05) is 0 Å². The maximum absolute atomic E-state index is 13.7. The lowest BCUT2D eigenvalue weighted by atomic mass is 10.1.